The lowest BCUT2D eigenvalue weighted by Gasteiger charge is -2.16. The Morgan fingerprint density at radius 3 is 2.67 bits per heavy atom. The van der Waals surface area contributed by atoms with Gasteiger partial charge in [-0.25, -0.2) is 0 Å². The highest BCUT2D eigenvalue weighted by atomic mass is 16.7. The highest BCUT2D eigenvalue weighted by Gasteiger charge is 2.01. The minimum atomic E-state index is -0.129. The van der Waals surface area contributed by atoms with Crippen LogP contribution in [-0.2, 0) is 4.84 Å². The molecule has 0 atom stereocenters. The Morgan fingerprint density at radius 2 is 2.33 bits per heavy atom. The van der Waals surface area contributed by atoms with Gasteiger partial charge in [0.25, 0.3) is 0 Å². The summed E-state index contributed by atoms with van der Waals surface area (Å²) in [6, 6.07) is 0. The Morgan fingerprint density at radius 1 is 1.56 bits per heavy atom. The molecule has 4 heteroatoms. The number of rotatable bonds is 0. The van der Waals surface area contributed by atoms with E-state index in [0.717, 1.165) is 5.06 Å². The smallest absolute Gasteiger partial charge is 0.227 e. The number of allylic oxidation sites excluding steroid dienone is 2. The van der Waals surface area contributed by atoms with E-state index in [1.165, 1.54) is 6.26 Å². The van der Waals surface area contributed by atoms with Crippen molar-refractivity contribution in [3.05, 3.63) is 24.6 Å². The molecule has 0 unspecified atom stereocenters. The molecule has 0 saturated carbocycles. The number of nitrogens with one attached hydrogen (secondary N) is 1. The molecule has 0 bridgehead atoms. The van der Waals surface area contributed by atoms with Gasteiger partial charge in [-0.05, 0) is 12.2 Å². The van der Waals surface area contributed by atoms with Crippen molar-refractivity contribution in [2.24, 2.45) is 5.73 Å². The van der Waals surface area contributed by atoms with Gasteiger partial charge in [-0.2, -0.15) is 5.06 Å². The lowest BCUT2D eigenvalue weighted by atomic mass is 10.5. The van der Waals surface area contributed by atoms with E-state index < -0.39 is 0 Å². The summed E-state index contributed by atoms with van der Waals surface area (Å²) in [7, 11) is 0. The Hall–Kier alpha value is -1.45. The fourth-order valence-electron chi connectivity index (χ4n) is 0.446. The first-order valence-corrected chi connectivity index (χ1v) is 2.44. The molecule has 0 amide bonds. The molecule has 0 fully saturated rings. The van der Waals surface area contributed by atoms with Crippen molar-refractivity contribution >= 4 is 5.96 Å². The summed E-state index contributed by atoms with van der Waals surface area (Å²) in [6.07, 6.45) is 6.44. The van der Waals surface area contributed by atoms with Crippen molar-refractivity contribution in [3.8, 4) is 0 Å². The van der Waals surface area contributed by atoms with Crippen molar-refractivity contribution in [3.63, 3.8) is 0 Å². The predicted molar refractivity (Wildman–Crippen MR) is 33.1 cm³/mol. The van der Waals surface area contributed by atoms with Crippen LogP contribution in [0.5, 0.6) is 0 Å². The number of hydrogen-bond acceptors (Lipinski definition) is 2. The summed E-state index contributed by atoms with van der Waals surface area (Å²) in [4.78, 5) is 4.76. The van der Waals surface area contributed by atoms with Crippen LogP contribution in [0.1, 0.15) is 0 Å². The number of hydroxylamine groups is 2. The number of nitrogens with two attached hydrogens (primary N) is 1. The summed E-state index contributed by atoms with van der Waals surface area (Å²) >= 11 is 0. The first kappa shape index (κ1) is 5.68. The standard InChI is InChI=1S/C5H7N3O/c6-5(7)8-3-1-2-4-9-8/h1-4H,(H3,6,7). The zero-order chi connectivity index (χ0) is 6.69. The van der Waals surface area contributed by atoms with Crippen molar-refractivity contribution < 1.29 is 4.84 Å². The van der Waals surface area contributed by atoms with Crippen LogP contribution < -0.4 is 5.73 Å². The van der Waals surface area contributed by atoms with E-state index in [4.69, 9.17) is 16.0 Å². The number of guanidine groups is 1. The summed E-state index contributed by atoms with van der Waals surface area (Å²) in [6.45, 7) is 0. The summed E-state index contributed by atoms with van der Waals surface area (Å²) in [5.74, 6) is -0.129. The summed E-state index contributed by atoms with van der Waals surface area (Å²) in [5, 5.41) is 8.04. The van der Waals surface area contributed by atoms with Crippen LogP contribution in [-0.4, -0.2) is 11.0 Å². The molecule has 0 spiro atoms. The van der Waals surface area contributed by atoms with Gasteiger partial charge >= 0.3 is 0 Å². The Bertz CT molecular complexity index is 173. The van der Waals surface area contributed by atoms with Crippen molar-refractivity contribution in [2.75, 3.05) is 0 Å². The molecule has 1 heterocycles. The zero-order valence-electron chi connectivity index (χ0n) is 4.74. The largest absolute Gasteiger partial charge is 0.380 e. The topological polar surface area (TPSA) is 62.3 Å². The van der Waals surface area contributed by atoms with Crippen LogP contribution in [0.3, 0.4) is 0 Å². The maximum Gasteiger partial charge on any atom is 0.227 e. The quantitative estimate of drug-likeness (QED) is 0.358. The molecule has 9 heavy (non-hydrogen) atoms. The van der Waals surface area contributed by atoms with E-state index in [1.54, 1.807) is 18.4 Å². The molecule has 0 aromatic rings. The fourth-order valence-corrected chi connectivity index (χ4v) is 0.446. The molecule has 0 aromatic carbocycles. The minimum absolute atomic E-state index is 0.129. The van der Waals surface area contributed by atoms with E-state index >= 15 is 0 Å². The second-order valence-electron chi connectivity index (χ2n) is 1.49. The second-order valence-corrected chi connectivity index (χ2v) is 1.49. The van der Waals surface area contributed by atoms with E-state index in [0.29, 0.717) is 0 Å². The third kappa shape index (κ3) is 1.22. The Kier molecular flexibility index (Phi) is 1.40. The van der Waals surface area contributed by atoms with Crippen LogP contribution in [0.2, 0.25) is 0 Å². The van der Waals surface area contributed by atoms with Gasteiger partial charge in [0, 0.05) is 6.20 Å². The highest BCUT2D eigenvalue weighted by molar-refractivity contribution is 5.74. The molecule has 0 saturated heterocycles. The average molecular weight is 125 g/mol. The second kappa shape index (κ2) is 2.21. The van der Waals surface area contributed by atoms with Crippen LogP contribution in [0.4, 0.5) is 0 Å². The lowest BCUT2D eigenvalue weighted by molar-refractivity contribution is 0.00978. The van der Waals surface area contributed by atoms with Crippen molar-refractivity contribution in [1.82, 2.24) is 5.06 Å². The van der Waals surface area contributed by atoms with Crippen LogP contribution in [0.15, 0.2) is 24.6 Å². The number of hydrogen-bond donors (Lipinski definition) is 2. The first-order valence-electron chi connectivity index (χ1n) is 2.44. The van der Waals surface area contributed by atoms with Crippen molar-refractivity contribution in [2.45, 2.75) is 0 Å². The predicted octanol–water partition coefficient (Wildman–Crippen LogP) is 0.154. The van der Waals surface area contributed by atoms with Gasteiger partial charge in [0.1, 0.15) is 6.26 Å². The molecule has 0 aliphatic carbocycles. The average Bonchev–Trinajstić information content (AvgIpc) is 1.90. The molecular weight excluding hydrogens is 118 g/mol. The van der Waals surface area contributed by atoms with E-state index in [2.05, 4.69) is 0 Å². The molecule has 1 aliphatic rings. The fraction of sp³-hybridized carbons (Fsp3) is 0. The molecule has 3 N–H and O–H groups in total. The van der Waals surface area contributed by atoms with Crippen molar-refractivity contribution in [1.29, 1.82) is 5.41 Å². The molecular formula is C5H7N3O. The molecule has 0 radical (unpaired) electrons. The normalized spacial score (nSPS) is 15.3. The van der Waals surface area contributed by atoms with Crippen LogP contribution in [0.25, 0.3) is 0 Å². The van der Waals surface area contributed by atoms with Gasteiger partial charge in [-0.3, -0.25) is 5.41 Å². The van der Waals surface area contributed by atoms with Gasteiger partial charge in [0.2, 0.25) is 5.96 Å². The van der Waals surface area contributed by atoms with Crippen LogP contribution in [0, 0.1) is 5.41 Å². The van der Waals surface area contributed by atoms with Gasteiger partial charge in [-0.15, -0.1) is 0 Å². The summed E-state index contributed by atoms with van der Waals surface area (Å²) < 4.78 is 0. The third-order valence-electron chi connectivity index (χ3n) is 0.823. The minimum Gasteiger partial charge on any atom is -0.380 e. The molecule has 48 valence electrons. The number of nitrogens with zero attached hydrogens (tertiary/aromatic N) is 1. The monoisotopic (exact) mass is 125 g/mol. The molecule has 1 rings (SSSR count). The zero-order valence-corrected chi connectivity index (χ0v) is 4.74. The van der Waals surface area contributed by atoms with Crippen LogP contribution >= 0.6 is 0 Å². The maximum atomic E-state index is 6.88. The van der Waals surface area contributed by atoms with Gasteiger partial charge in [0.15, 0.2) is 0 Å². The van der Waals surface area contributed by atoms with Gasteiger partial charge in [0.05, 0.1) is 0 Å². The van der Waals surface area contributed by atoms with E-state index in [1.807, 2.05) is 0 Å². The van der Waals surface area contributed by atoms with Gasteiger partial charge < -0.3 is 10.6 Å². The first-order chi connectivity index (χ1) is 4.30. The highest BCUT2D eigenvalue weighted by Crippen LogP contribution is 1.97. The van der Waals surface area contributed by atoms with E-state index in [-0.39, 0.29) is 5.96 Å². The Balaban J connectivity index is 2.56. The molecule has 4 nitrogen and oxygen atoms in total. The molecule has 1 aliphatic heterocycles. The third-order valence-corrected chi connectivity index (χ3v) is 0.823. The summed E-state index contributed by atoms with van der Waals surface area (Å²) in [5.41, 5.74) is 5.07. The lowest BCUT2D eigenvalue weighted by Crippen LogP contribution is -2.31. The molecule has 0 aromatic heterocycles. The Labute approximate surface area is 52.7 Å². The van der Waals surface area contributed by atoms with Gasteiger partial charge in [-0.1, -0.05) is 0 Å². The maximum absolute atomic E-state index is 6.88. The van der Waals surface area contributed by atoms with E-state index in [9.17, 15) is 0 Å². The SMILES string of the molecule is N=C(N)N1C=CC=CO1.